The predicted molar refractivity (Wildman–Crippen MR) is 130 cm³/mol. The van der Waals surface area contributed by atoms with Gasteiger partial charge in [-0.25, -0.2) is 9.97 Å². The van der Waals surface area contributed by atoms with Crippen LogP contribution >= 0.6 is 15.9 Å². The molecular weight excluding hydrogens is 498 g/mol. The third-order valence-corrected chi connectivity index (χ3v) is 6.50. The van der Waals surface area contributed by atoms with Crippen LogP contribution in [0.3, 0.4) is 0 Å². The number of hydrogen-bond acceptors (Lipinski definition) is 5. The number of fused-ring (bicyclic) bond motifs is 1. The van der Waals surface area contributed by atoms with E-state index in [9.17, 15) is 14.7 Å². The molecule has 0 radical (unpaired) electrons. The number of Topliss-reactive ketones (excluding diaryl/α,β-unsaturated/α-hetero) is 1. The minimum absolute atomic E-state index is 0.0690. The molecule has 1 saturated heterocycles. The summed E-state index contributed by atoms with van der Waals surface area (Å²) in [5.41, 5.74) is 2.44. The Kier molecular flexibility index (Phi) is 5.79. The quantitative estimate of drug-likeness (QED) is 0.235. The number of aliphatic hydroxyl groups is 1. The average Bonchev–Trinajstić information content (AvgIpc) is 3.51. The first kappa shape index (κ1) is 22.1. The molecule has 34 heavy (non-hydrogen) atoms. The predicted octanol–water partition coefficient (Wildman–Crippen LogP) is 4.11. The first-order chi connectivity index (χ1) is 16.5. The summed E-state index contributed by atoms with van der Waals surface area (Å²) in [5.74, 6) is -1.55. The number of aliphatic hydroxyl groups excluding tert-OH is 1. The summed E-state index contributed by atoms with van der Waals surface area (Å²) >= 11 is 3.49. The van der Waals surface area contributed by atoms with E-state index in [0.29, 0.717) is 36.5 Å². The SMILES string of the molecule is Cc1nc2ccccn2c1C(O)=C1C(=O)C(=O)N(CCCn2ccnc2)[C@@H]1c1cccc(Br)c1. The second-order valence-corrected chi connectivity index (χ2v) is 9.09. The molecule has 0 saturated carbocycles. The number of ketones is 1. The van der Waals surface area contributed by atoms with Gasteiger partial charge in [0.25, 0.3) is 11.7 Å². The number of carbonyl (C=O) groups excluding carboxylic acids is 2. The summed E-state index contributed by atoms with van der Waals surface area (Å²) < 4.78 is 4.47. The van der Waals surface area contributed by atoms with E-state index in [0.717, 1.165) is 10.0 Å². The van der Waals surface area contributed by atoms with Crippen LogP contribution in [0.1, 0.15) is 29.4 Å². The van der Waals surface area contributed by atoms with E-state index in [-0.39, 0.29) is 11.3 Å². The third kappa shape index (κ3) is 3.81. The molecule has 0 aliphatic carbocycles. The fourth-order valence-electron chi connectivity index (χ4n) is 4.50. The van der Waals surface area contributed by atoms with Gasteiger partial charge in [-0.3, -0.25) is 14.0 Å². The maximum absolute atomic E-state index is 13.3. The Labute approximate surface area is 204 Å². The van der Waals surface area contributed by atoms with Gasteiger partial charge in [-0.15, -0.1) is 0 Å². The standard InChI is InChI=1S/C25H22BrN5O3/c1-16-21(30-11-3-2-8-19(30)28-16)23(32)20-22(17-6-4-7-18(26)14-17)31(25(34)24(20)33)12-5-10-29-13-9-27-15-29/h2-4,6-9,11,13-15,22,32H,5,10,12H2,1H3/t22-/m1/s1. The van der Waals surface area contributed by atoms with E-state index < -0.39 is 17.7 Å². The summed E-state index contributed by atoms with van der Waals surface area (Å²) in [4.78, 5) is 36.6. The number of amides is 1. The van der Waals surface area contributed by atoms with Crippen LogP contribution < -0.4 is 0 Å². The lowest BCUT2D eigenvalue weighted by Crippen LogP contribution is -2.31. The van der Waals surface area contributed by atoms with Crippen LogP contribution in [0.25, 0.3) is 11.4 Å². The van der Waals surface area contributed by atoms with Crippen molar-refractivity contribution in [1.29, 1.82) is 0 Å². The highest BCUT2D eigenvalue weighted by Crippen LogP contribution is 2.40. The van der Waals surface area contributed by atoms with E-state index in [4.69, 9.17) is 0 Å². The first-order valence-electron chi connectivity index (χ1n) is 10.9. The number of pyridine rings is 1. The molecule has 1 aliphatic heterocycles. The summed E-state index contributed by atoms with van der Waals surface area (Å²) in [6.45, 7) is 2.78. The second kappa shape index (κ2) is 8.90. The van der Waals surface area contributed by atoms with Crippen LogP contribution in [0, 0.1) is 6.92 Å². The maximum atomic E-state index is 13.3. The summed E-state index contributed by atoms with van der Waals surface area (Å²) in [5, 5.41) is 11.5. The Morgan fingerprint density at radius 1 is 1.12 bits per heavy atom. The van der Waals surface area contributed by atoms with Gasteiger partial charge in [0.05, 0.1) is 23.6 Å². The number of nitrogens with zero attached hydrogens (tertiary/aromatic N) is 5. The van der Waals surface area contributed by atoms with Gasteiger partial charge >= 0.3 is 0 Å². The second-order valence-electron chi connectivity index (χ2n) is 8.18. The van der Waals surface area contributed by atoms with Gasteiger partial charge in [0.2, 0.25) is 0 Å². The molecule has 1 aliphatic rings. The lowest BCUT2D eigenvalue weighted by atomic mass is 9.96. The molecule has 1 amide bonds. The number of aryl methyl sites for hydroxylation is 2. The molecule has 3 aromatic heterocycles. The van der Waals surface area contributed by atoms with Crippen molar-refractivity contribution in [1.82, 2.24) is 23.8 Å². The van der Waals surface area contributed by atoms with Gasteiger partial charge in [0, 0.05) is 36.2 Å². The van der Waals surface area contributed by atoms with Crippen molar-refractivity contribution in [2.75, 3.05) is 6.54 Å². The van der Waals surface area contributed by atoms with Crippen molar-refractivity contribution in [2.45, 2.75) is 25.9 Å². The molecule has 0 spiro atoms. The number of rotatable bonds is 6. The highest BCUT2D eigenvalue weighted by atomic mass is 79.9. The van der Waals surface area contributed by atoms with Crippen molar-refractivity contribution in [3.8, 4) is 0 Å². The molecule has 9 heteroatoms. The number of likely N-dealkylation sites (tertiary alicyclic amines) is 1. The number of carbonyl (C=O) groups is 2. The van der Waals surface area contributed by atoms with Crippen LogP contribution in [-0.2, 0) is 16.1 Å². The number of aromatic nitrogens is 4. The monoisotopic (exact) mass is 519 g/mol. The van der Waals surface area contributed by atoms with E-state index in [1.54, 1.807) is 34.9 Å². The summed E-state index contributed by atoms with van der Waals surface area (Å²) in [7, 11) is 0. The lowest BCUT2D eigenvalue weighted by molar-refractivity contribution is -0.139. The van der Waals surface area contributed by atoms with Crippen molar-refractivity contribution in [3.63, 3.8) is 0 Å². The van der Waals surface area contributed by atoms with Crippen LogP contribution in [0.5, 0.6) is 0 Å². The van der Waals surface area contributed by atoms with Gasteiger partial charge < -0.3 is 14.6 Å². The molecule has 1 atom stereocenters. The maximum Gasteiger partial charge on any atom is 0.295 e. The summed E-state index contributed by atoms with van der Waals surface area (Å²) in [6.07, 6.45) is 7.68. The molecule has 8 nitrogen and oxygen atoms in total. The number of halogens is 1. The van der Waals surface area contributed by atoms with Gasteiger partial charge in [-0.2, -0.15) is 0 Å². The van der Waals surface area contributed by atoms with Crippen LogP contribution in [0.2, 0.25) is 0 Å². The van der Waals surface area contributed by atoms with E-state index in [1.807, 2.05) is 53.2 Å². The highest BCUT2D eigenvalue weighted by molar-refractivity contribution is 9.10. The molecule has 1 aromatic carbocycles. The number of benzene rings is 1. The lowest BCUT2D eigenvalue weighted by Gasteiger charge is -2.25. The normalized spacial score (nSPS) is 17.7. The molecule has 5 rings (SSSR count). The van der Waals surface area contributed by atoms with Gasteiger partial charge in [0.15, 0.2) is 5.76 Å². The minimum atomic E-state index is -0.714. The smallest absolute Gasteiger partial charge is 0.295 e. The van der Waals surface area contributed by atoms with Crippen molar-refractivity contribution in [2.24, 2.45) is 0 Å². The summed E-state index contributed by atoms with van der Waals surface area (Å²) in [6, 6.07) is 12.2. The zero-order valence-electron chi connectivity index (χ0n) is 18.4. The van der Waals surface area contributed by atoms with Gasteiger partial charge in [-0.05, 0) is 43.2 Å². The number of imidazole rings is 2. The number of hydrogen-bond donors (Lipinski definition) is 1. The molecule has 4 aromatic rings. The Bertz CT molecular complexity index is 1420. The van der Waals surface area contributed by atoms with Crippen molar-refractivity contribution in [3.05, 3.63) is 94.4 Å². The van der Waals surface area contributed by atoms with Gasteiger partial charge in [0.1, 0.15) is 11.3 Å². The largest absolute Gasteiger partial charge is 0.505 e. The first-order valence-corrected chi connectivity index (χ1v) is 11.7. The average molecular weight is 520 g/mol. The van der Waals surface area contributed by atoms with E-state index in [2.05, 4.69) is 25.9 Å². The molecule has 1 N–H and O–H groups in total. The Morgan fingerprint density at radius 3 is 2.74 bits per heavy atom. The van der Waals surface area contributed by atoms with Gasteiger partial charge in [-0.1, -0.05) is 34.1 Å². The fourth-order valence-corrected chi connectivity index (χ4v) is 4.92. The van der Waals surface area contributed by atoms with Crippen LogP contribution in [0.4, 0.5) is 0 Å². The Balaban J connectivity index is 1.61. The molecule has 4 heterocycles. The molecular formula is C25H22BrN5O3. The minimum Gasteiger partial charge on any atom is -0.505 e. The fraction of sp³-hybridized carbons (Fsp3) is 0.200. The zero-order chi connectivity index (χ0) is 23.8. The van der Waals surface area contributed by atoms with Crippen LogP contribution in [0.15, 0.2) is 77.4 Å². The molecule has 172 valence electrons. The third-order valence-electron chi connectivity index (χ3n) is 6.01. The highest BCUT2D eigenvalue weighted by Gasteiger charge is 2.46. The van der Waals surface area contributed by atoms with E-state index >= 15 is 0 Å². The molecule has 1 fully saturated rings. The molecule has 0 unspecified atom stereocenters. The van der Waals surface area contributed by atoms with Crippen molar-refractivity contribution < 1.29 is 14.7 Å². The zero-order valence-corrected chi connectivity index (χ0v) is 20.0. The molecule has 0 bridgehead atoms. The Morgan fingerprint density at radius 2 is 1.97 bits per heavy atom. The van der Waals surface area contributed by atoms with E-state index in [1.165, 1.54) is 0 Å². The van der Waals surface area contributed by atoms with Crippen LogP contribution in [-0.4, -0.2) is 47.2 Å². The Hall–Kier alpha value is -3.72. The topological polar surface area (TPSA) is 92.7 Å². The van der Waals surface area contributed by atoms with Crippen molar-refractivity contribution >= 4 is 39.0 Å².